The van der Waals surface area contributed by atoms with Gasteiger partial charge in [0.05, 0.1) is 0 Å². The number of hydrogen-bond donors (Lipinski definition) is 8. The van der Waals surface area contributed by atoms with Crippen LogP contribution in [0.15, 0.2) is 0 Å². The summed E-state index contributed by atoms with van der Waals surface area (Å²) < 4.78 is 75.0. The van der Waals surface area contributed by atoms with Crippen LogP contribution in [0.5, 0.6) is 0 Å². The van der Waals surface area contributed by atoms with Crippen molar-refractivity contribution < 1.29 is 64.8 Å². The Bertz CT molecular complexity index is 1070. The van der Waals surface area contributed by atoms with E-state index in [1.807, 2.05) is 0 Å². The molecule has 18 nitrogen and oxygen atoms in total. The molecule has 0 radical (unpaired) electrons. The number of amidine groups is 1. The van der Waals surface area contributed by atoms with Gasteiger partial charge in [0.2, 0.25) is 22.2 Å². The third-order valence-electron chi connectivity index (χ3n) is 5.35. The SMILES string of the molecule is NC1=[NH+]C23C(C[C@H](OS(=O)(=O)[O-])C2(O)O)C(N)=[N+](O)[C@@H](COC(=O)NS(=O)(=O)[O-])[C@@H]3N1. The lowest BCUT2D eigenvalue weighted by Crippen LogP contribution is -2.98. The van der Waals surface area contributed by atoms with Crippen LogP contribution in [0.3, 0.4) is 0 Å². The van der Waals surface area contributed by atoms with Crippen molar-refractivity contribution in [2.75, 3.05) is 6.61 Å². The van der Waals surface area contributed by atoms with Gasteiger partial charge in [0, 0.05) is 0 Å². The summed E-state index contributed by atoms with van der Waals surface area (Å²) in [4.78, 5) is 14.0. The predicted octanol–water partition coefficient (Wildman–Crippen LogP) is -8.03. The summed E-state index contributed by atoms with van der Waals surface area (Å²) >= 11 is 0. The van der Waals surface area contributed by atoms with Crippen LogP contribution in [-0.4, -0.2) is 100 Å². The lowest BCUT2D eigenvalue weighted by molar-refractivity contribution is -0.813. The molecule has 10 N–H and O–H groups in total. The summed E-state index contributed by atoms with van der Waals surface area (Å²) in [5.74, 6) is -5.16. The number of nitrogens with one attached hydrogen (secondary N) is 3. The average molecular weight is 490 g/mol. The van der Waals surface area contributed by atoms with E-state index in [4.69, 9.17) is 11.5 Å². The molecule has 1 saturated carbocycles. The zero-order valence-corrected chi connectivity index (χ0v) is 16.8. The molecule has 0 saturated heterocycles. The van der Waals surface area contributed by atoms with Gasteiger partial charge >= 0.3 is 12.1 Å². The van der Waals surface area contributed by atoms with Crippen molar-refractivity contribution in [2.45, 2.75) is 35.9 Å². The molecule has 20 heteroatoms. The zero-order valence-electron chi connectivity index (χ0n) is 15.2. The second kappa shape index (κ2) is 7.01. The van der Waals surface area contributed by atoms with Crippen LogP contribution >= 0.6 is 0 Å². The van der Waals surface area contributed by atoms with Gasteiger partial charge in [-0.1, -0.05) is 4.74 Å². The Morgan fingerprint density at radius 2 is 1.94 bits per heavy atom. The quantitative estimate of drug-likeness (QED) is 0.0583. The van der Waals surface area contributed by atoms with Gasteiger partial charge in [-0.2, -0.15) is 0 Å². The predicted molar refractivity (Wildman–Crippen MR) is 88.9 cm³/mol. The molecular weight excluding hydrogens is 472 g/mol. The standard InChI is InChI=1S/C11H18N6O12S2/c12-7-3-1-5(29-31(25,26)27)11(19,20)10(3)6(14-8(13)15-10)4(17(7)21)2-28-9(18)16-30(22,23)24/h3-6,12,19-21H,1-2H2,(H6,13,14,15,16,18,22,23,24,25,26,27)/t3?,4-,5-,6-,10?/m0/s1. The first-order chi connectivity index (χ1) is 14.0. The van der Waals surface area contributed by atoms with Crippen molar-refractivity contribution >= 4 is 38.6 Å². The minimum absolute atomic E-state index is 0.284. The Kier molecular flexibility index (Phi) is 5.24. The Morgan fingerprint density at radius 3 is 2.48 bits per heavy atom. The Labute approximate surface area is 173 Å². The molecule has 176 valence electrons. The van der Waals surface area contributed by atoms with Crippen LogP contribution in [0.4, 0.5) is 4.79 Å². The normalized spacial score (nSPS) is 34.4. The topological polar surface area (TPSA) is 304 Å². The number of hydroxylamine groups is 1. The van der Waals surface area contributed by atoms with E-state index in [-0.39, 0.29) is 5.96 Å². The lowest BCUT2D eigenvalue weighted by Gasteiger charge is -2.42. The van der Waals surface area contributed by atoms with E-state index in [9.17, 15) is 46.2 Å². The highest BCUT2D eigenvalue weighted by molar-refractivity contribution is 7.84. The van der Waals surface area contributed by atoms with Crippen LogP contribution in [-0.2, 0) is 29.6 Å². The summed E-state index contributed by atoms with van der Waals surface area (Å²) in [5, 5.41) is 34.6. The largest absolute Gasteiger partial charge is 0.731 e. The third kappa shape index (κ3) is 3.81. The fourth-order valence-corrected chi connectivity index (χ4v) is 5.04. The first-order valence-electron chi connectivity index (χ1n) is 8.26. The molecule has 0 aromatic carbocycles. The van der Waals surface area contributed by atoms with E-state index in [1.165, 1.54) is 0 Å². The molecule has 1 amide bonds. The second-order valence-electron chi connectivity index (χ2n) is 7.03. The Hall–Kier alpha value is -2.49. The highest BCUT2D eigenvalue weighted by atomic mass is 32.3. The van der Waals surface area contributed by atoms with Gasteiger partial charge in [-0.3, -0.25) is 26.0 Å². The molecule has 2 aliphatic heterocycles. The van der Waals surface area contributed by atoms with Crippen molar-refractivity contribution in [3.63, 3.8) is 0 Å². The van der Waals surface area contributed by atoms with Gasteiger partial charge in [0.1, 0.15) is 18.6 Å². The summed E-state index contributed by atoms with van der Waals surface area (Å²) in [6.07, 6.45) is -4.31. The summed E-state index contributed by atoms with van der Waals surface area (Å²) in [6, 6.07) is -2.87. The second-order valence-corrected chi connectivity index (χ2v) is 9.15. The number of rotatable bonds is 5. The van der Waals surface area contributed by atoms with Crippen LogP contribution in [0.25, 0.3) is 0 Å². The molecule has 1 spiro atoms. The van der Waals surface area contributed by atoms with E-state index in [0.29, 0.717) is 4.74 Å². The maximum Gasteiger partial charge on any atom is 0.420 e. The van der Waals surface area contributed by atoms with Crippen molar-refractivity contribution in [3.05, 3.63) is 0 Å². The molecular formula is C11H18N6O12S2. The van der Waals surface area contributed by atoms with E-state index >= 15 is 0 Å². The molecule has 3 aliphatic rings. The molecule has 31 heavy (non-hydrogen) atoms. The molecule has 0 aromatic rings. The number of ether oxygens (including phenoxy) is 1. The number of carbonyl (C=O) groups is 1. The van der Waals surface area contributed by atoms with Crippen molar-refractivity contribution in [1.82, 2.24) is 10.0 Å². The molecule has 1 fully saturated rings. The van der Waals surface area contributed by atoms with E-state index in [0.717, 1.165) is 4.72 Å². The number of guanidine groups is 1. The fourth-order valence-electron chi connectivity index (χ4n) is 4.28. The Balaban J connectivity index is 1.99. The van der Waals surface area contributed by atoms with Gasteiger partial charge in [0.25, 0.3) is 5.84 Å². The number of nitrogens with zero attached hydrogens (tertiary/aromatic N) is 1. The minimum atomic E-state index is -5.40. The van der Waals surface area contributed by atoms with Crippen molar-refractivity contribution in [3.8, 4) is 0 Å². The third-order valence-corrected chi connectivity index (χ3v) is 6.23. The van der Waals surface area contributed by atoms with Gasteiger partial charge in [-0.05, 0) is 6.42 Å². The number of nitrogens with two attached hydrogens (primary N) is 2. The molecule has 2 heterocycles. The lowest BCUT2D eigenvalue weighted by atomic mass is 9.72. The molecule has 0 bridgehead atoms. The highest BCUT2D eigenvalue weighted by Gasteiger charge is 2.79. The smallest absolute Gasteiger partial charge is 0.420 e. The fraction of sp³-hybridized carbons (Fsp3) is 0.727. The van der Waals surface area contributed by atoms with Gasteiger partial charge in [0.15, 0.2) is 21.9 Å². The monoisotopic (exact) mass is 490 g/mol. The van der Waals surface area contributed by atoms with Gasteiger partial charge < -0.3 is 29.3 Å². The van der Waals surface area contributed by atoms with Crippen LogP contribution in [0, 0.1) is 5.92 Å². The number of carbonyl (C=O) groups excluding carboxylic acids is 1. The Morgan fingerprint density at radius 1 is 1.32 bits per heavy atom. The highest BCUT2D eigenvalue weighted by Crippen LogP contribution is 2.47. The number of amides is 1. The molecule has 3 rings (SSSR count). The maximum atomic E-state index is 11.5. The maximum absolute atomic E-state index is 11.5. The first-order valence-corrected chi connectivity index (χ1v) is 11.0. The van der Waals surface area contributed by atoms with Gasteiger partial charge in [-0.15, -0.1) is 0 Å². The van der Waals surface area contributed by atoms with Crippen LogP contribution in [0.2, 0.25) is 0 Å². The van der Waals surface area contributed by atoms with E-state index in [1.54, 1.807) is 0 Å². The van der Waals surface area contributed by atoms with Crippen molar-refractivity contribution in [2.24, 2.45) is 17.4 Å². The summed E-state index contributed by atoms with van der Waals surface area (Å²) in [5.41, 5.74) is 9.47. The molecule has 2 unspecified atom stereocenters. The summed E-state index contributed by atoms with van der Waals surface area (Å²) in [6.45, 7) is -0.874. The molecule has 1 aliphatic carbocycles. The van der Waals surface area contributed by atoms with E-state index in [2.05, 4.69) is 19.2 Å². The van der Waals surface area contributed by atoms with Gasteiger partial charge in [-0.25, -0.2) is 26.4 Å². The summed E-state index contributed by atoms with van der Waals surface area (Å²) in [7, 11) is -10.6. The minimum Gasteiger partial charge on any atom is -0.731 e. The molecule has 0 aromatic heterocycles. The number of hydrogen-bond acceptors (Lipinski definition) is 15. The molecule has 5 atom stereocenters. The average Bonchev–Trinajstić information content (AvgIpc) is 3.02. The van der Waals surface area contributed by atoms with Crippen LogP contribution in [0.1, 0.15) is 6.42 Å². The first kappa shape index (κ1) is 23.2. The van der Waals surface area contributed by atoms with Crippen LogP contribution < -0.4 is 26.5 Å². The van der Waals surface area contributed by atoms with E-state index < -0.39 is 81.1 Å². The zero-order chi connectivity index (χ0) is 23.6. The van der Waals surface area contributed by atoms with Crippen molar-refractivity contribution in [1.29, 1.82) is 0 Å². The number of aliphatic hydroxyl groups is 2.